The Bertz CT molecular complexity index is 1340. The van der Waals surface area contributed by atoms with E-state index in [0.29, 0.717) is 16.5 Å². The molecule has 0 radical (unpaired) electrons. The molecular formula is C25H20N4O3S. The summed E-state index contributed by atoms with van der Waals surface area (Å²) in [4.78, 5) is 18.0. The maximum Gasteiger partial charge on any atom is 0.335 e. The van der Waals surface area contributed by atoms with Crippen LogP contribution in [0.25, 0.3) is 5.69 Å². The Hall–Kier alpha value is -4.17. The Balaban J connectivity index is 1.68. The van der Waals surface area contributed by atoms with E-state index in [1.165, 1.54) is 0 Å². The van der Waals surface area contributed by atoms with E-state index in [1.807, 2.05) is 64.2 Å². The molecule has 8 heteroatoms. The fourth-order valence-electron chi connectivity index (χ4n) is 4.24. The molecule has 1 saturated heterocycles. The van der Waals surface area contributed by atoms with Gasteiger partial charge < -0.3 is 25.0 Å². The number of thiocarbonyl (C=S) groups is 1. The lowest BCUT2D eigenvalue weighted by molar-refractivity contribution is 0.0697. The topological polar surface area (TPSA) is 90.6 Å². The molecule has 2 aromatic carbocycles. The Kier molecular flexibility index (Phi) is 5.27. The van der Waals surface area contributed by atoms with Crippen molar-refractivity contribution in [1.82, 2.24) is 14.9 Å². The number of para-hydroxylation sites is 2. The molecule has 7 nitrogen and oxygen atoms in total. The van der Waals surface area contributed by atoms with E-state index < -0.39 is 5.97 Å². The fourth-order valence-corrected chi connectivity index (χ4v) is 4.58. The number of nitrogens with zero attached hydrogens (tertiary/aromatic N) is 3. The van der Waals surface area contributed by atoms with Crippen LogP contribution in [-0.2, 0) is 0 Å². The highest BCUT2D eigenvalue weighted by Gasteiger charge is 2.42. The van der Waals surface area contributed by atoms with Gasteiger partial charge in [0.2, 0.25) is 0 Å². The van der Waals surface area contributed by atoms with Crippen LogP contribution in [0.3, 0.4) is 0 Å². The highest BCUT2D eigenvalue weighted by atomic mass is 32.1. The minimum atomic E-state index is -0.989. The van der Waals surface area contributed by atoms with Crippen molar-refractivity contribution >= 4 is 29.0 Å². The van der Waals surface area contributed by atoms with E-state index >= 15 is 0 Å². The van der Waals surface area contributed by atoms with Crippen molar-refractivity contribution in [3.63, 3.8) is 0 Å². The van der Waals surface area contributed by atoms with Gasteiger partial charge in [0, 0.05) is 23.8 Å². The second-order valence-corrected chi connectivity index (χ2v) is 8.03. The molecule has 0 bridgehead atoms. The van der Waals surface area contributed by atoms with E-state index in [4.69, 9.17) is 12.2 Å². The molecule has 33 heavy (non-hydrogen) atoms. The normalized spacial score (nSPS) is 17.7. The van der Waals surface area contributed by atoms with Gasteiger partial charge in [-0.3, -0.25) is 4.98 Å². The van der Waals surface area contributed by atoms with Crippen molar-refractivity contribution in [2.45, 2.75) is 12.1 Å². The zero-order valence-corrected chi connectivity index (χ0v) is 18.2. The third kappa shape index (κ3) is 3.70. The molecule has 0 aliphatic carbocycles. The molecule has 1 fully saturated rings. The predicted molar refractivity (Wildman–Crippen MR) is 129 cm³/mol. The maximum absolute atomic E-state index is 11.5. The van der Waals surface area contributed by atoms with Crippen molar-refractivity contribution < 1.29 is 15.0 Å². The number of rotatable bonds is 5. The smallest absolute Gasteiger partial charge is 0.335 e. The molecule has 3 heterocycles. The summed E-state index contributed by atoms with van der Waals surface area (Å²) in [5, 5.41) is 23.9. The lowest BCUT2D eigenvalue weighted by Gasteiger charge is -2.29. The van der Waals surface area contributed by atoms with Gasteiger partial charge in [0.05, 0.1) is 23.0 Å². The van der Waals surface area contributed by atoms with Crippen LogP contribution in [0.4, 0.5) is 5.69 Å². The first-order valence-electron chi connectivity index (χ1n) is 10.3. The largest absolute Gasteiger partial charge is 0.506 e. The number of anilines is 1. The van der Waals surface area contributed by atoms with Crippen molar-refractivity contribution in [2.24, 2.45) is 0 Å². The van der Waals surface area contributed by atoms with Crippen molar-refractivity contribution in [3.05, 3.63) is 108 Å². The number of aromatic nitrogens is 2. The van der Waals surface area contributed by atoms with E-state index in [1.54, 1.807) is 36.5 Å². The molecule has 0 spiro atoms. The molecule has 4 aromatic rings. The number of benzene rings is 2. The lowest BCUT2D eigenvalue weighted by Crippen LogP contribution is -2.30. The number of hydrogen-bond donors (Lipinski definition) is 3. The summed E-state index contributed by atoms with van der Waals surface area (Å²) in [6.07, 6.45) is 3.62. The molecular weight excluding hydrogens is 436 g/mol. The van der Waals surface area contributed by atoms with Crippen molar-refractivity contribution in [1.29, 1.82) is 0 Å². The van der Waals surface area contributed by atoms with Crippen LogP contribution in [0.1, 0.15) is 33.8 Å². The summed E-state index contributed by atoms with van der Waals surface area (Å²) < 4.78 is 1.94. The minimum absolute atomic E-state index is 0.110. The first-order valence-corrected chi connectivity index (χ1v) is 10.7. The van der Waals surface area contributed by atoms with Crippen LogP contribution >= 0.6 is 12.2 Å². The highest BCUT2D eigenvalue weighted by Crippen LogP contribution is 2.44. The third-order valence-corrected chi connectivity index (χ3v) is 6.01. The van der Waals surface area contributed by atoms with Gasteiger partial charge in [-0.1, -0.05) is 24.3 Å². The van der Waals surface area contributed by atoms with Gasteiger partial charge in [0.1, 0.15) is 11.8 Å². The molecule has 5 rings (SSSR count). The van der Waals surface area contributed by atoms with E-state index in [-0.39, 0.29) is 23.4 Å². The summed E-state index contributed by atoms with van der Waals surface area (Å²) in [7, 11) is 0. The monoisotopic (exact) mass is 456 g/mol. The number of phenolic OH excluding ortho intramolecular Hbond substituents is 1. The summed E-state index contributed by atoms with van der Waals surface area (Å²) >= 11 is 5.71. The molecule has 164 valence electrons. The van der Waals surface area contributed by atoms with Crippen LogP contribution < -0.4 is 10.2 Å². The highest BCUT2D eigenvalue weighted by molar-refractivity contribution is 7.80. The van der Waals surface area contributed by atoms with Crippen molar-refractivity contribution in [2.75, 3.05) is 4.90 Å². The van der Waals surface area contributed by atoms with Gasteiger partial charge in [-0.25, -0.2) is 4.79 Å². The number of nitrogens with one attached hydrogen (secondary N) is 1. The second kappa shape index (κ2) is 8.40. The number of pyridine rings is 1. The summed E-state index contributed by atoms with van der Waals surface area (Å²) in [5.74, 6) is -0.879. The summed E-state index contributed by atoms with van der Waals surface area (Å²) in [5.41, 5.74) is 3.15. The predicted octanol–water partition coefficient (Wildman–Crippen LogP) is 4.45. The quantitative estimate of drug-likeness (QED) is 0.382. The average molecular weight is 457 g/mol. The van der Waals surface area contributed by atoms with E-state index in [0.717, 1.165) is 11.4 Å². The SMILES string of the molecule is O=C(O)c1cccc(-n2cccc2[C@H]2[C@@H](c3ccccn3)NC(=S)N2c2ccccc2O)c1. The van der Waals surface area contributed by atoms with Crippen LogP contribution in [0.5, 0.6) is 5.75 Å². The fraction of sp³-hybridized carbons (Fsp3) is 0.0800. The van der Waals surface area contributed by atoms with Gasteiger partial charge >= 0.3 is 5.97 Å². The van der Waals surface area contributed by atoms with Crippen LogP contribution in [0.15, 0.2) is 91.3 Å². The van der Waals surface area contributed by atoms with Crippen LogP contribution in [-0.4, -0.2) is 30.8 Å². The maximum atomic E-state index is 11.5. The Morgan fingerprint density at radius 3 is 2.58 bits per heavy atom. The van der Waals surface area contributed by atoms with Gasteiger partial charge in [-0.2, -0.15) is 0 Å². The molecule has 0 amide bonds. The van der Waals surface area contributed by atoms with Crippen LogP contribution in [0, 0.1) is 0 Å². The van der Waals surface area contributed by atoms with E-state index in [9.17, 15) is 15.0 Å². The molecule has 2 aromatic heterocycles. The molecule has 0 unspecified atom stereocenters. The number of phenols is 1. The summed E-state index contributed by atoms with van der Waals surface area (Å²) in [6.45, 7) is 0. The zero-order valence-electron chi connectivity index (χ0n) is 17.4. The number of carbonyl (C=O) groups is 1. The van der Waals surface area contributed by atoms with E-state index in [2.05, 4.69) is 10.3 Å². The van der Waals surface area contributed by atoms with Gasteiger partial charge in [0.25, 0.3) is 0 Å². The van der Waals surface area contributed by atoms with Crippen LogP contribution in [0.2, 0.25) is 0 Å². The molecule has 0 saturated carbocycles. The van der Waals surface area contributed by atoms with Crippen molar-refractivity contribution in [3.8, 4) is 11.4 Å². The number of carboxylic acids is 1. The van der Waals surface area contributed by atoms with Gasteiger partial charge in [-0.05, 0) is 66.8 Å². The molecule has 2 atom stereocenters. The Morgan fingerprint density at radius 1 is 1.00 bits per heavy atom. The Morgan fingerprint density at radius 2 is 1.82 bits per heavy atom. The molecule has 1 aliphatic rings. The van der Waals surface area contributed by atoms with Gasteiger partial charge in [-0.15, -0.1) is 0 Å². The number of aromatic carboxylic acids is 1. The molecule has 1 aliphatic heterocycles. The number of hydrogen-bond acceptors (Lipinski definition) is 4. The second-order valence-electron chi connectivity index (χ2n) is 7.64. The minimum Gasteiger partial charge on any atom is -0.506 e. The first kappa shape index (κ1) is 20.7. The number of carboxylic acid groups (broad SMARTS) is 1. The third-order valence-electron chi connectivity index (χ3n) is 5.69. The first-order chi connectivity index (χ1) is 16.0. The number of aromatic hydroxyl groups is 1. The lowest BCUT2D eigenvalue weighted by atomic mass is 10.0. The Labute approximate surface area is 195 Å². The zero-order chi connectivity index (χ0) is 22.9. The van der Waals surface area contributed by atoms with Gasteiger partial charge in [0.15, 0.2) is 5.11 Å². The standard InChI is InChI=1S/C25H20N4O3S/c30-21-12-2-1-10-19(21)29-23(22(27-25(29)33)18-9-3-4-13-26-18)20-11-6-14-28(20)17-8-5-7-16(15-17)24(31)32/h1-15,22-23,30H,(H,27,33)(H,31,32)/t22-,23+/m1/s1. The molecule has 3 N–H and O–H groups in total. The summed E-state index contributed by atoms with van der Waals surface area (Å²) in [6, 6.07) is 22.7. The average Bonchev–Trinajstić information content (AvgIpc) is 3.44.